The molecule has 0 saturated heterocycles. The summed E-state index contributed by atoms with van der Waals surface area (Å²) < 4.78 is 0. The van der Waals surface area contributed by atoms with E-state index in [0.29, 0.717) is 28.4 Å². The first kappa shape index (κ1) is 12.9. The molecule has 0 aliphatic rings. The van der Waals surface area contributed by atoms with E-state index in [1.807, 2.05) is 13.8 Å². The van der Waals surface area contributed by atoms with E-state index >= 15 is 0 Å². The van der Waals surface area contributed by atoms with Gasteiger partial charge in [-0.05, 0) is 25.8 Å². The lowest BCUT2D eigenvalue weighted by atomic mass is 10.0. The van der Waals surface area contributed by atoms with Crippen molar-refractivity contribution in [3.63, 3.8) is 0 Å². The van der Waals surface area contributed by atoms with Gasteiger partial charge < -0.3 is 0 Å². The van der Waals surface area contributed by atoms with Crippen LogP contribution in [0, 0.1) is 13.8 Å². The number of aromatic nitrogens is 4. The second-order valence-electron chi connectivity index (χ2n) is 4.48. The summed E-state index contributed by atoms with van der Waals surface area (Å²) in [5, 5.41) is 0.503. The van der Waals surface area contributed by atoms with Gasteiger partial charge in [-0.25, -0.2) is 19.9 Å². The third-order valence-corrected chi connectivity index (χ3v) is 2.96. The van der Waals surface area contributed by atoms with Gasteiger partial charge in [0.2, 0.25) is 0 Å². The maximum atomic E-state index is 6.22. The lowest BCUT2D eigenvalue weighted by Gasteiger charge is -2.12. The van der Waals surface area contributed by atoms with Gasteiger partial charge in [-0.3, -0.25) is 0 Å². The Balaban J connectivity index is 2.55. The van der Waals surface area contributed by atoms with Crippen molar-refractivity contribution in [3.8, 4) is 11.5 Å². The summed E-state index contributed by atoms with van der Waals surface area (Å²) >= 11 is 6.22. The van der Waals surface area contributed by atoms with Crippen LogP contribution in [0.25, 0.3) is 11.5 Å². The van der Waals surface area contributed by atoms with Gasteiger partial charge in [-0.2, -0.15) is 0 Å². The molecule has 4 nitrogen and oxygen atoms in total. The van der Waals surface area contributed by atoms with Crippen LogP contribution in [0.1, 0.15) is 36.8 Å². The first-order chi connectivity index (χ1) is 8.49. The Morgan fingerprint density at radius 2 is 1.83 bits per heavy atom. The van der Waals surface area contributed by atoms with E-state index in [1.165, 1.54) is 0 Å². The predicted octanol–water partition coefficient (Wildman–Crippen LogP) is 3.33. The summed E-state index contributed by atoms with van der Waals surface area (Å²) in [6, 6.07) is 1.78. The standard InChI is InChI=1S/C13H15ClN4/c1-7(2)11-8(3)16-13(18-12(11)14)10-5-6-15-9(4)17-10/h5-7H,1-4H3. The molecule has 2 heterocycles. The lowest BCUT2D eigenvalue weighted by Crippen LogP contribution is -2.03. The number of hydrogen-bond donors (Lipinski definition) is 0. The second kappa shape index (κ2) is 4.98. The maximum absolute atomic E-state index is 6.22. The fraction of sp³-hybridized carbons (Fsp3) is 0.385. The summed E-state index contributed by atoms with van der Waals surface area (Å²) in [5.74, 6) is 1.55. The van der Waals surface area contributed by atoms with Crippen LogP contribution in [-0.4, -0.2) is 19.9 Å². The minimum absolute atomic E-state index is 0.304. The largest absolute Gasteiger partial charge is 0.242 e. The predicted molar refractivity (Wildman–Crippen MR) is 71.6 cm³/mol. The van der Waals surface area contributed by atoms with Crippen LogP contribution < -0.4 is 0 Å². The average molecular weight is 263 g/mol. The van der Waals surface area contributed by atoms with E-state index in [0.717, 1.165) is 11.3 Å². The molecule has 0 amide bonds. The third-order valence-electron chi connectivity index (χ3n) is 2.67. The number of halogens is 1. The molecule has 94 valence electrons. The summed E-state index contributed by atoms with van der Waals surface area (Å²) in [6.45, 7) is 7.93. The summed E-state index contributed by atoms with van der Waals surface area (Å²) in [4.78, 5) is 17.2. The quantitative estimate of drug-likeness (QED) is 0.779. The van der Waals surface area contributed by atoms with Crippen LogP contribution >= 0.6 is 11.6 Å². The Morgan fingerprint density at radius 3 is 2.39 bits per heavy atom. The van der Waals surface area contributed by atoms with Crippen molar-refractivity contribution in [1.82, 2.24) is 19.9 Å². The zero-order valence-electron chi connectivity index (χ0n) is 10.9. The molecule has 5 heteroatoms. The molecule has 0 atom stereocenters. The molecule has 0 aliphatic heterocycles. The highest BCUT2D eigenvalue weighted by atomic mass is 35.5. The van der Waals surface area contributed by atoms with Gasteiger partial charge >= 0.3 is 0 Å². The zero-order chi connectivity index (χ0) is 13.3. The van der Waals surface area contributed by atoms with Crippen molar-refractivity contribution >= 4 is 11.6 Å². The van der Waals surface area contributed by atoms with E-state index in [2.05, 4.69) is 33.8 Å². The van der Waals surface area contributed by atoms with Gasteiger partial charge in [0.15, 0.2) is 5.82 Å². The van der Waals surface area contributed by atoms with Crippen molar-refractivity contribution in [3.05, 3.63) is 34.5 Å². The van der Waals surface area contributed by atoms with Crippen LogP contribution in [0.2, 0.25) is 5.15 Å². The third kappa shape index (κ3) is 2.48. The molecule has 2 aromatic heterocycles. The highest BCUT2D eigenvalue weighted by molar-refractivity contribution is 6.30. The van der Waals surface area contributed by atoms with Crippen molar-refractivity contribution in [2.75, 3.05) is 0 Å². The van der Waals surface area contributed by atoms with E-state index in [4.69, 9.17) is 11.6 Å². The normalized spacial score (nSPS) is 11.0. The molecule has 0 spiro atoms. The fourth-order valence-corrected chi connectivity index (χ4v) is 2.33. The van der Waals surface area contributed by atoms with Crippen LogP contribution in [0.3, 0.4) is 0 Å². The maximum Gasteiger partial charge on any atom is 0.179 e. The minimum Gasteiger partial charge on any atom is -0.242 e. The van der Waals surface area contributed by atoms with E-state index in [9.17, 15) is 0 Å². The fourth-order valence-electron chi connectivity index (χ4n) is 1.90. The molecule has 0 aliphatic carbocycles. The molecule has 0 fully saturated rings. The Kier molecular flexibility index (Phi) is 3.57. The topological polar surface area (TPSA) is 51.6 Å². The monoisotopic (exact) mass is 262 g/mol. The minimum atomic E-state index is 0.304. The Morgan fingerprint density at radius 1 is 1.11 bits per heavy atom. The number of rotatable bonds is 2. The van der Waals surface area contributed by atoms with Gasteiger partial charge in [0.1, 0.15) is 16.7 Å². The Bertz CT molecular complexity index is 558. The Hall–Kier alpha value is -1.55. The van der Waals surface area contributed by atoms with Crippen molar-refractivity contribution in [1.29, 1.82) is 0 Å². The van der Waals surface area contributed by atoms with Crippen molar-refractivity contribution < 1.29 is 0 Å². The molecule has 0 aromatic carbocycles. The molecule has 2 aromatic rings. The molecular weight excluding hydrogens is 248 g/mol. The first-order valence-electron chi connectivity index (χ1n) is 5.83. The summed E-state index contributed by atoms with van der Waals surface area (Å²) in [7, 11) is 0. The number of nitrogens with zero attached hydrogens (tertiary/aromatic N) is 4. The zero-order valence-corrected chi connectivity index (χ0v) is 11.7. The van der Waals surface area contributed by atoms with Crippen molar-refractivity contribution in [2.45, 2.75) is 33.6 Å². The highest BCUT2D eigenvalue weighted by Gasteiger charge is 2.14. The van der Waals surface area contributed by atoms with E-state index < -0.39 is 0 Å². The van der Waals surface area contributed by atoms with Crippen LogP contribution in [0.5, 0.6) is 0 Å². The molecule has 2 rings (SSSR count). The first-order valence-corrected chi connectivity index (χ1v) is 6.21. The molecule has 0 radical (unpaired) electrons. The van der Waals surface area contributed by atoms with Crippen LogP contribution in [-0.2, 0) is 0 Å². The van der Waals surface area contributed by atoms with Crippen LogP contribution in [0.15, 0.2) is 12.3 Å². The van der Waals surface area contributed by atoms with E-state index in [1.54, 1.807) is 12.3 Å². The Labute approximate surface area is 111 Å². The summed E-state index contributed by atoms with van der Waals surface area (Å²) in [6.07, 6.45) is 1.70. The molecule has 18 heavy (non-hydrogen) atoms. The van der Waals surface area contributed by atoms with Crippen molar-refractivity contribution in [2.24, 2.45) is 0 Å². The molecule has 0 N–H and O–H groups in total. The highest BCUT2D eigenvalue weighted by Crippen LogP contribution is 2.27. The number of aryl methyl sites for hydroxylation is 2. The van der Waals surface area contributed by atoms with Gasteiger partial charge in [-0.15, -0.1) is 0 Å². The van der Waals surface area contributed by atoms with Gasteiger partial charge in [0.25, 0.3) is 0 Å². The molecule has 0 saturated carbocycles. The second-order valence-corrected chi connectivity index (χ2v) is 4.84. The number of hydrogen-bond acceptors (Lipinski definition) is 4. The van der Waals surface area contributed by atoms with E-state index in [-0.39, 0.29) is 0 Å². The lowest BCUT2D eigenvalue weighted by molar-refractivity contribution is 0.830. The molecule has 0 bridgehead atoms. The van der Waals surface area contributed by atoms with Crippen LogP contribution in [0.4, 0.5) is 0 Å². The summed E-state index contributed by atoms with van der Waals surface area (Å²) in [5.41, 5.74) is 2.59. The van der Waals surface area contributed by atoms with Gasteiger partial charge in [0.05, 0.1) is 0 Å². The van der Waals surface area contributed by atoms with Gasteiger partial charge in [0, 0.05) is 17.5 Å². The van der Waals surface area contributed by atoms with Gasteiger partial charge in [-0.1, -0.05) is 25.4 Å². The molecular formula is C13H15ClN4. The SMILES string of the molecule is Cc1nccc(-c2nc(C)c(C(C)C)c(Cl)n2)n1. The average Bonchev–Trinajstić information content (AvgIpc) is 2.27. The smallest absolute Gasteiger partial charge is 0.179 e. The molecule has 0 unspecified atom stereocenters.